The highest BCUT2D eigenvalue weighted by Crippen LogP contribution is 2.58. The Bertz CT molecular complexity index is 304. The minimum atomic E-state index is -0.373. The first-order valence-corrected chi connectivity index (χ1v) is 4.65. The molecule has 0 heterocycles. The molecule has 0 unspecified atom stereocenters. The van der Waals surface area contributed by atoms with E-state index in [9.17, 15) is 4.79 Å². The summed E-state index contributed by atoms with van der Waals surface area (Å²) < 4.78 is 0. The number of Topliss-reactive ketones (excluding diaryl/α,β-unsaturated/α-hetero) is 1. The van der Waals surface area contributed by atoms with E-state index in [1.54, 1.807) is 0 Å². The second-order valence-electron chi connectivity index (χ2n) is 4.67. The number of carbonyl (C=O) groups is 1. The SMILES string of the molecule is CC1(C)[C@H]2C[C@H](N=[N+]=[N-])C(=O)[C@@H]1C2. The molecule has 0 spiro atoms. The Morgan fingerprint density at radius 2 is 2.23 bits per heavy atom. The van der Waals surface area contributed by atoms with Gasteiger partial charge in [-0.05, 0) is 29.7 Å². The van der Waals surface area contributed by atoms with E-state index in [4.69, 9.17) is 5.53 Å². The summed E-state index contributed by atoms with van der Waals surface area (Å²) in [6.07, 6.45) is 1.76. The fraction of sp³-hybridized carbons (Fsp3) is 0.889. The van der Waals surface area contributed by atoms with Gasteiger partial charge in [0.05, 0.1) is 6.04 Å². The quantitative estimate of drug-likeness (QED) is 0.346. The second kappa shape index (κ2) is 2.48. The standard InChI is InChI=1S/C9H13N3O/c1-9(2)5-3-6(9)8(13)7(4-5)11-12-10/h5-7H,3-4H2,1-2H3/t5-,6+,7+/m1/s1. The first-order chi connectivity index (χ1) is 6.07. The van der Waals surface area contributed by atoms with Gasteiger partial charge in [0, 0.05) is 10.8 Å². The summed E-state index contributed by atoms with van der Waals surface area (Å²) in [4.78, 5) is 14.4. The number of hydrogen-bond acceptors (Lipinski definition) is 2. The predicted molar refractivity (Wildman–Crippen MR) is 47.9 cm³/mol. The molecule has 0 aromatic heterocycles. The van der Waals surface area contributed by atoms with E-state index in [-0.39, 0.29) is 23.2 Å². The zero-order chi connectivity index (χ0) is 9.64. The van der Waals surface area contributed by atoms with Crippen LogP contribution >= 0.6 is 0 Å². The Morgan fingerprint density at radius 1 is 1.54 bits per heavy atom. The first kappa shape index (κ1) is 8.57. The van der Waals surface area contributed by atoms with Gasteiger partial charge in [0.15, 0.2) is 0 Å². The normalized spacial score (nSPS) is 40.5. The van der Waals surface area contributed by atoms with E-state index >= 15 is 0 Å². The third kappa shape index (κ3) is 0.985. The predicted octanol–water partition coefficient (Wildman–Crippen LogP) is 2.30. The molecule has 0 aromatic carbocycles. The van der Waals surface area contributed by atoms with Gasteiger partial charge < -0.3 is 0 Å². The molecule has 3 saturated carbocycles. The van der Waals surface area contributed by atoms with Crippen molar-refractivity contribution in [2.45, 2.75) is 32.7 Å². The van der Waals surface area contributed by atoms with Crippen molar-refractivity contribution in [3.05, 3.63) is 10.4 Å². The van der Waals surface area contributed by atoms with Gasteiger partial charge in [0.1, 0.15) is 5.78 Å². The molecule has 13 heavy (non-hydrogen) atoms. The molecule has 4 nitrogen and oxygen atoms in total. The van der Waals surface area contributed by atoms with Crippen LogP contribution in [0, 0.1) is 17.3 Å². The smallest absolute Gasteiger partial charge is 0.145 e. The Balaban J connectivity index is 2.21. The molecular weight excluding hydrogens is 166 g/mol. The van der Waals surface area contributed by atoms with Crippen molar-refractivity contribution in [3.8, 4) is 0 Å². The number of rotatable bonds is 1. The van der Waals surface area contributed by atoms with Crippen molar-refractivity contribution in [2.75, 3.05) is 0 Å². The molecule has 0 aliphatic heterocycles. The molecule has 0 aromatic rings. The summed E-state index contributed by atoms with van der Waals surface area (Å²) in [6.45, 7) is 4.27. The molecule has 0 amide bonds. The number of hydrogen-bond donors (Lipinski definition) is 0. The Hall–Kier alpha value is -1.02. The van der Waals surface area contributed by atoms with Crippen LogP contribution in [0.3, 0.4) is 0 Å². The van der Waals surface area contributed by atoms with Gasteiger partial charge in [-0.3, -0.25) is 4.79 Å². The zero-order valence-corrected chi connectivity index (χ0v) is 7.90. The van der Waals surface area contributed by atoms with Crippen LogP contribution in [0.5, 0.6) is 0 Å². The number of azide groups is 1. The fourth-order valence-electron chi connectivity index (χ4n) is 2.68. The second-order valence-corrected chi connectivity index (χ2v) is 4.67. The summed E-state index contributed by atoms with van der Waals surface area (Å²) in [5.41, 5.74) is 8.42. The molecule has 0 radical (unpaired) electrons. The lowest BCUT2D eigenvalue weighted by Crippen LogP contribution is -2.57. The summed E-state index contributed by atoms with van der Waals surface area (Å²) in [5, 5.41) is 3.54. The van der Waals surface area contributed by atoms with Crippen LogP contribution in [0.25, 0.3) is 10.4 Å². The molecule has 3 aliphatic carbocycles. The van der Waals surface area contributed by atoms with Gasteiger partial charge in [-0.15, -0.1) is 0 Å². The molecule has 3 rings (SSSR count). The highest BCUT2D eigenvalue weighted by atomic mass is 16.1. The lowest BCUT2D eigenvalue weighted by Gasteiger charge is -2.56. The summed E-state index contributed by atoms with van der Waals surface area (Å²) in [5.74, 6) is 0.873. The van der Waals surface area contributed by atoms with E-state index < -0.39 is 0 Å². The topological polar surface area (TPSA) is 65.8 Å². The van der Waals surface area contributed by atoms with Crippen molar-refractivity contribution in [1.82, 2.24) is 0 Å². The third-order valence-corrected chi connectivity index (χ3v) is 3.84. The van der Waals surface area contributed by atoms with Gasteiger partial charge in [-0.1, -0.05) is 19.0 Å². The lowest BCUT2D eigenvalue weighted by molar-refractivity contribution is -0.150. The summed E-state index contributed by atoms with van der Waals surface area (Å²) in [7, 11) is 0. The molecule has 70 valence electrons. The van der Waals surface area contributed by atoms with E-state index in [0.717, 1.165) is 12.8 Å². The zero-order valence-electron chi connectivity index (χ0n) is 7.90. The van der Waals surface area contributed by atoms with Gasteiger partial charge >= 0.3 is 0 Å². The van der Waals surface area contributed by atoms with Gasteiger partial charge in [0.25, 0.3) is 0 Å². The number of carbonyl (C=O) groups excluding carboxylic acids is 1. The molecule has 4 heteroatoms. The lowest BCUT2D eigenvalue weighted by atomic mass is 9.47. The maximum atomic E-state index is 11.7. The number of fused-ring (bicyclic) bond motifs is 2. The molecule has 3 aliphatic rings. The molecule has 2 bridgehead atoms. The van der Waals surface area contributed by atoms with E-state index in [1.165, 1.54) is 0 Å². The maximum absolute atomic E-state index is 11.7. The largest absolute Gasteiger partial charge is 0.299 e. The molecular formula is C9H13N3O. The van der Waals surface area contributed by atoms with Crippen molar-refractivity contribution < 1.29 is 4.79 Å². The van der Waals surface area contributed by atoms with Crippen molar-refractivity contribution in [2.24, 2.45) is 22.4 Å². The summed E-state index contributed by atoms with van der Waals surface area (Å²) in [6, 6.07) is -0.373. The van der Waals surface area contributed by atoms with Crippen LogP contribution in [-0.4, -0.2) is 11.8 Å². The first-order valence-electron chi connectivity index (χ1n) is 4.65. The Labute approximate surface area is 76.9 Å². The van der Waals surface area contributed by atoms with Crippen LogP contribution in [-0.2, 0) is 4.79 Å². The van der Waals surface area contributed by atoms with Crippen molar-refractivity contribution in [1.29, 1.82) is 0 Å². The highest BCUT2D eigenvalue weighted by Gasteiger charge is 2.57. The maximum Gasteiger partial charge on any atom is 0.145 e. The van der Waals surface area contributed by atoms with Gasteiger partial charge in [0.2, 0.25) is 0 Å². The molecule has 3 atom stereocenters. The Kier molecular flexibility index (Phi) is 1.64. The minimum absolute atomic E-state index is 0.141. The molecule has 0 saturated heterocycles. The molecule has 0 N–H and O–H groups in total. The van der Waals surface area contributed by atoms with Crippen LogP contribution in [0.1, 0.15) is 26.7 Å². The minimum Gasteiger partial charge on any atom is -0.299 e. The summed E-state index contributed by atoms with van der Waals surface area (Å²) >= 11 is 0. The van der Waals surface area contributed by atoms with Crippen molar-refractivity contribution in [3.63, 3.8) is 0 Å². The van der Waals surface area contributed by atoms with Gasteiger partial charge in [-0.25, -0.2) is 0 Å². The number of nitrogens with zero attached hydrogens (tertiary/aromatic N) is 3. The van der Waals surface area contributed by atoms with E-state index in [1.807, 2.05) is 0 Å². The average Bonchev–Trinajstić information content (AvgIpc) is 2.08. The van der Waals surface area contributed by atoms with Crippen molar-refractivity contribution >= 4 is 5.78 Å². The number of ketones is 1. The monoisotopic (exact) mass is 179 g/mol. The third-order valence-electron chi connectivity index (χ3n) is 3.84. The van der Waals surface area contributed by atoms with Crippen LogP contribution < -0.4 is 0 Å². The Morgan fingerprint density at radius 3 is 2.69 bits per heavy atom. The highest BCUT2D eigenvalue weighted by molar-refractivity contribution is 5.89. The fourth-order valence-corrected chi connectivity index (χ4v) is 2.68. The van der Waals surface area contributed by atoms with E-state index in [0.29, 0.717) is 5.92 Å². The van der Waals surface area contributed by atoms with E-state index in [2.05, 4.69) is 23.9 Å². The van der Waals surface area contributed by atoms with Crippen LogP contribution in [0.15, 0.2) is 5.11 Å². The average molecular weight is 179 g/mol. The molecule has 3 fully saturated rings. The van der Waals surface area contributed by atoms with Crippen LogP contribution in [0.2, 0.25) is 0 Å². The van der Waals surface area contributed by atoms with Crippen LogP contribution in [0.4, 0.5) is 0 Å². The van der Waals surface area contributed by atoms with Gasteiger partial charge in [-0.2, -0.15) is 0 Å².